The number of rotatable bonds is 4. The predicted octanol–water partition coefficient (Wildman–Crippen LogP) is 1.34. The van der Waals surface area contributed by atoms with Crippen LogP contribution in [0.1, 0.15) is 18.4 Å². The Labute approximate surface area is 136 Å². The number of sulfone groups is 1. The number of benzene rings is 1. The van der Waals surface area contributed by atoms with E-state index in [2.05, 4.69) is 10.6 Å². The molecule has 1 fully saturated rings. The number of halogens is 3. The average molecular weight is 364 g/mol. The molecule has 1 heterocycles. The van der Waals surface area contributed by atoms with Crippen molar-refractivity contribution in [2.24, 2.45) is 0 Å². The van der Waals surface area contributed by atoms with Crippen LogP contribution >= 0.6 is 0 Å². The van der Waals surface area contributed by atoms with Gasteiger partial charge in [0.2, 0.25) is 11.8 Å². The SMILES string of the molecule is O=C(CC(=O)NC1CCS(=O)(=O)C1)Nc1cccc(C(F)(F)F)c1. The Morgan fingerprint density at radius 1 is 1.21 bits per heavy atom. The lowest BCUT2D eigenvalue weighted by atomic mass is 10.2. The van der Waals surface area contributed by atoms with Gasteiger partial charge in [0.25, 0.3) is 0 Å². The first-order valence-corrected chi connectivity index (χ1v) is 8.84. The van der Waals surface area contributed by atoms with E-state index in [0.717, 1.165) is 18.2 Å². The summed E-state index contributed by atoms with van der Waals surface area (Å²) in [7, 11) is -3.16. The molecule has 2 amide bonds. The average Bonchev–Trinajstić information content (AvgIpc) is 2.76. The number of amides is 2. The third-order valence-corrected chi connectivity index (χ3v) is 5.16. The summed E-state index contributed by atoms with van der Waals surface area (Å²) in [6, 6.07) is 3.50. The zero-order valence-corrected chi connectivity index (χ0v) is 13.2. The zero-order valence-electron chi connectivity index (χ0n) is 12.4. The van der Waals surface area contributed by atoms with Crippen LogP contribution < -0.4 is 10.6 Å². The summed E-state index contributed by atoms with van der Waals surface area (Å²) in [6.45, 7) is 0. The minimum absolute atomic E-state index is 0.0195. The fourth-order valence-electron chi connectivity index (χ4n) is 2.31. The van der Waals surface area contributed by atoms with Crippen LogP contribution in [0, 0.1) is 0 Å². The molecule has 1 unspecified atom stereocenters. The van der Waals surface area contributed by atoms with Crippen LogP contribution in [0.4, 0.5) is 18.9 Å². The van der Waals surface area contributed by atoms with Crippen LogP contribution in [0.25, 0.3) is 0 Å². The van der Waals surface area contributed by atoms with Crippen LogP contribution in [0.3, 0.4) is 0 Å². The molecule has 1 aliphatic rings. The molecule has 132 valence electrons. The lowest BCUT2D eigenvalue weighted by Crippen LogP contribution is -2.37. The largest absolute Gasteiger partial charge is 0.416 e. The van der Waals surface area contributed by atoms with E-state index in [9.17, 15) is 31.2 Å². The number of nitrogens with one attached hydrogen (secondary N) is 2. The second-order valence-corrected chi connectivity index (χ2v) is 7.70. The lowest BCUT2D eigenvalue weighted by Gasteiger charge is -2.12. The number of carbonyl (C=O) groups excluding carboxylic acids is 2. The van der Waals surface area contributed by atoms with E-state index in [4.69, 9.17) is 0 Å². The second kappa shape index (κ2) is 6.80. The molecule has 2 rings (SSSR count). The molecule has 0 radical (unpaired) electrons. The van der Waals surface area contributed by atoms with Gasteiger partial charge in [-0.05, 0) is 24.6 Å². The highest BCUT2D eigenvalue weighted by Gasteiger charge is 2.31. The minimum Gasteiger partial charge on any atom is -0.352 e. The molecule has 2 N–H and O–H groups in total. The Morgan fingerprint density at radius 3 is 2.50 bits per heavy atom. The molecule has 24 heavy (non-hydrogen) atoms. The molecule has 10 heteroatoms. The van der Waals surface area contributed by atoms with Crippen molar-refractivity contribution in [3.05, 3.63) is 29.8 Å². The van der Waals surface area contributed by atoms with E-state index in [-0.39, 0.29) is 23.6 Å². The van der Waals surface area contributed by atoms with Crippen LogP contribution in [0.2, 0.25) is 0 Å². The third kappa shape index (κ3) is 5.22. The van der Waals surface area contributed by atoms with Crippen molar-refractivity contribution in [3.8, 4) is 0 Å². The molecule has 1 aromatic rings. The van der Waals surface area contributed by atoms with E-state index in [1.165, 1.54) is 6.07 Å². The molecule has 1 aliphatic heterocycles. The number of hydrogen-bond donors (Lipinski definition) is 2. The monoisotopic (exact) mass is 364 g/mol. The summed E-state index contributed by atoms with van der Waals surface area (Å²) in [5.41, 5.74) is -0.994. The van der Waals surface area contributed by atoms with Gasteiger partial charge in [-0.25, -0.2) is 8.42 Å². The topological polar surface area (TPSA) is 92.3 Å². The molecule has 0 saturated carbocycles. The maximum Gasteiger partial charge on any atom is 0.416 e. The van der Waals surface area contributed by atoms with Crippen LogP contribution in [0.5, 0.6) is 0 Å². The first-order valence-electron chi connectivity index (χ1n) is 7.02. The number of carbonyl (C=O) groups is 2. The van der Waals surface area contributed by atoms with Gasteiger partial charge in [-0.2, -0.15) is 13.2 Å². The smallest absolute Gasteiger partial charge is 0.352 e. The normalized spacial score (nSPS) is 19.7. The molecule has 0 bridgehead atoms. The van der Waals surface area contributed by atoms with Gasteiger partial charge in [-0.3, -0.25) is 9.59 Å². The zero-order chi connectivity index (χ0) is 18.0. The maximum atomic E-state index is 12.6. The summed E-state index contributed by atoms with van der Waals surface area (Å²) in [5.74, 6) is -1.66. The van der Waals surface area contributed by atoms with E-state index in [1.807, 2.05) is 0 Å². The lowest BCUT2D eigenvalue weighted by molar-refractivity contribution is -0.137. The summed E-state index contributed by atoms with van der Waals surface area (Å²) >= 11 is 0. The highest BCUT2D eigenvalue weighted by Crippen LogP contribution is 2.30. The summed E-state index contributed by atoms with van der Waals surface area (Å²) in [6.07, 6.45) is -4.86. The Bertz CT molecular complexity index is 747. The molecule has 0 aromatic heterocycles. The quantitative estimate of drug-likeness (QED) is 0.789. The molecule has 1 aromatic carbocycles. The van der Waals surface area contributed by atoms with Gasteiger partial charge < -0.3 is 10.6 Å². The van der Waals surface area contributed by atoms with Gasteiger partial charge in [0.1, 0.15) is 6.42 Å². The highest BCUT2D eigenvalue weighted by atomic mass is 32.2. The first kappa shape index (κ1) is 18.2. The molecular formula is C14H15F3N2O4S. The van der Waals surface area contributed by atoms with Gasteiger partial charge in [-0.1, -0.05) is 6.07 Å². The first-order chi connectivity index (χ1) is 11.0. The number of hydrogen-bond acceptors (Lipinski definition) is 4. The molecule has 1 atom stereocenters. The minimum atomic E-state index is -4.54. The fraction of sp³-hybridized carbons (Fsp3) is 0.429. The maximum absolute atomic E-state index is 12.6. The van der Waals surface area contributed by atoms with Crippen molar-refractivity contribution in [2.75, 3.05) is 16.8 Å². The Hall–Kier alpha value is -2.10. The van der Waals surface area contributed by atoms with Crippen LogP contribution in [0.15, 0.2) is 24.3 Å². The van der Waals surface area contributed by atoms with E-state index in [1.54, 1.807) is 0 Å². The Kier molecular flexibility index (Phi) is 5.16. The van der Waals surface area contributed by atoms with Crippen molar-refractivity contribution < 1.29 is 31.2 Å². The van der Waals surface area contributed by atoms with Crippen molar-refractivity contribution in [3.63, 3.8) is 0 Å². The summed E-state index contributed by atoms with van der Waals surface area (Å²) < 4.78 is 60.3. The van der Waals surface area contributed by atoms with Gasteiger partial charge in [0.15, 0.2) is 9.84 Å². The van der Waals surface area contributed by atoms with Crippen molar-refractivity contribution >= 4 is 27.3 Å². The summed E-state index contributed by atoms with van der Waals surface area (Å²) in [4.78, 5) is 23.4. The van der Waals surface area contributed by atoms with Crippen LogP contribution in [-0.4, -0.2) is 37.8 Å². The van der Waals surface area contributed by atoms with Gasteiger partial charge >= 0.3 is 6.18 Å². The van der Waals surface area contributed by atoms with Gasteiger partial charge in [-0.15, -0.1) is 0 Å². The highest BCUT2D eigenvalue weighted by molar-refractivity contribution is 7.91. The second-order valence-electron chi connectivity index (χ2n) is 5.47. The Balaban J connectivity index is 1.88. The van der Waals surface area contributed by atoms with Gasteiger partial charge in [0, 0.05) is 11.7 Å². The summed E-state index contributed by atoms with van der Waals surface area (Å²) in [5, 5.41) is 4.64. The number of alkyl halides is 3. The van der Waals surface area contributed by atoms with Crippen molar-refractivity contribution in [1.29, 1.82) is 0 Å². The van der Waals surface area contributed by atoms with Crippen molar-refractivity contribution in [1.82, 2.24) is 5.32 Å². The van der Waals surface area contributed by atoms with E-state index >= 15 is 0 Å². The third-order valence-electron chi connectivity index (χ3n) is 3.39. The van der Waals surface area contributed by atoms with Gasteiger partial charge in [0.05, 0.1) is 17.1 Å². The molecule has 0 spiro atoms. The van der Waals surface area contributed by atoms with E-state index < -0.39 is 45.9 Å². The fourth-order valence-corrected chi connectivity index (χ4v) is 3.99. The molecule has 1 saturated heterocycles. The van der Waals surface area contributed by atoms with E-state index in [0.29, 0.717) is 0 Å². The molecule has 6 nitrogen and oxygen atoms in total. The van der Waals surface area contributed by atoms with Crippen LogP contribution in [-0.2, 0) is 25.6 Å². The number of anilines is 1. The molecular weight excluding hydrogens is 349 g/mol. The predicted molar refractivity (Wildman–Crippen MR) is 79.9 cm³/mol. The molecule has 0 aliphatic carbocycles. The van der Waals surface area contributed by atoms with Crippen molar-refractivity contribution in [2.45, 2.75) is 25.1 Å². The standard InChI is InChI=1S/C14H15F3N2O4S/c15-14(16,17)9-2-1-3-10(6-9)18-12(20)7-13(21)19-11-4-5-24(22,23)8-11/h1-3,6,11H,4-5,7-8H2,(H,18,20)(H,19,21). The Morgan fingerprint density at radius 2 is 1.92 bits per heavy atom.